The van der Waals surface area contributed by atoms with E-state index in [0.717, 1.165) is 61.9 Å². The van der Waals surface area contributed by atoms with Crippen molar-refractivity contribution in [2.24, 2.45) is 17.8 Å². The second-order valence-corrected chi connectivity index (χ2v) is 17.9. The fourth-order valence-corrected chi connectivity index (χ4v) is 9.94. The number of alkyl carbamates (subject to hydrolysis) is 2. The molecule has 2 saturated heterocycles. The first-order valence-electron chi connectivity index (χ1n) is 22.6. The number of likely N-dealkylation sites (tertiary alicyclic amines) is 2. The molecule has 3 unspecified atom stereocenters. The molecule has 352 valence electrons. The lowest BCUT2D eigenvalue weighted by atomic mass is 9.92. The molecule has 0 bridgehead atoms. The van der Waals surface area contributed by atoms with Gasteiger partial charge >= 0.3 is 12.2 Å². The smallest absolute Gasteiger partial charge is 0.407 e. The molecule has 3 aliphatic rings. The Hall–Kier alpha value is -6.94. The van der Waals surface area contributed by atoms with Gasteiger partial charge in [0.05, 0.1) is 55.8 Å². The third-order valence-electron chi connectivity index (χ3n) is 13.5. The van der Waals surface area contributed by atoms with Crippen molar-refractivity contribution >= 4 is 45.8 Å². The monoisotopic (exact) mass is 904 g/mol. The molecule has 0 spiro atoms. The van der Waals surface area contributed by atoms with Crippen molar-refractivity contribution in [3.05, 3.63) is 102 Å². The molecule has 0 aliphatic carbocycles. The van der Waals surface area contributed by atoms with Crippen molar-refractivity contribution in [2.45, 2.75) is 70.8 Å². The molecule has 6 aromatic rings. The maximum atomic E-state index is 14.4. The van der Waals surface area contributed by atoms with Crippen LogP contribution < -0.4 is 15.4 Å². The zero-order chi connectivity index (χ0) is 46.2. The van der Waals surface area contributed by atoms with Gasteiger partial charge in [-0.3, -0.25) is 9.59 Å². The highest BCUT2D eigenvalue weighted by Gasteiger charge is 2.43. The van der Waals surface area contributed by atoms with Crippen molar-refractivity contribution in [1.29, 1.82) is 0 Å². The predicted molar refractivity (Wildman–Crippen MR) is 256 cm³/mol. The molecule has 9 rings (SSSR count). The summed E-state index contributed by atoms with van der Waals surface area (Å²) in [5, 5.41) is 7.43. The lowest BCUT2D eigenvalue weighted by Crippen LogP contribution is -2.51. The number of ether oxygens (including phenoxy) is 4. The molecule has 0 radical (unpaired) electrons. The van der Waals surface area contributed by atoms with Gasteiger partial charge in [0.2, 0.25) is 5.91 Å². The highest BCUT2D eigenvalue weighted by atomic mass is 16.5. The van der Waals surface area contributed by atoms with Gasteiger partial charge in [-0.05, 0) is 76.6 Å². The predicted octanol–water partition coefficient (Wildman–Crippen LogP) is 8.96. The van der Waals surface area contributed by atoms with Crippen LogP contribution in [0.3, 0.4) is 0 Å². The van der Waals surface area contributed by atoms with Crippen LogP contribution in [0.4, 0.5) is 9.59 Å². The fraction of sp³-hybridized carbons (Fsp3) is 0.400. The Morgan fingerprint density at radius 3 is 2.38 bits per heavy atom. The fourth-order valence-electron chi connectivity index (χ4n) is 9.94. The summed E-state index contributed by atoms with van der Waals surface area (Å²) < 4.78 is 21.8. The number of H-pyrrole nitrogens is 2. The number of hydrogen-bond acceptors (Lipinski definition) is 10. The summed E-state index contributed by atoms with van der Waals surface area (Å²) in [4.78, 5) is 73.8. The average Bonchev–Trinajstić information content (AvgIpc) is 4.17. The molecule has 7 atom stereocenters. The van der Waals surface area contributed by atoms with E-state index < -0.39 is 30.3 Å². The summed E-state index contributed by atoms with van der Waals surface area (Å²) in [6.07, 6.45) is 2.58. The van der Waals surface area contributed by atoms with Gasteiger partial charge in [-0.2, -0.15) is 0 Å². The Morgan fingerprint density at radius 2 is 1.62 bits per heavy atom. The highest BCUT2D eigenvalue weighted by molar-refractivity contribution is 6.07. The number of nitrogens with zero attached hydrogens (tertiary/aromatic N) is 4. The van der Waals surface area contributed by atoms with Crippen molar-refractivity contribution in [2.75, 3.05) is 41.0 Å². The van der Waals surface area contributed by atoms with Gasteiger partial charge in [0, 0.05) is 42.8 Å². The highest BCUT2D eigenvalue weighted by Crippen LogP contribution is 2.44. The van der Waals surface area contributed by atoms with Crippen molar-refractivity contribution in [3.63, 3.8) is 0 Å². The van der Waals surface area contributed by atoms with Crippen LogP contribution in [0, 0.1) is 17.8 Å². The summed E-state index contributed by atoms with van der Waals surface area (Å²) in [7, 11) is 4.23. The van der Waals surface area contributed by atoms with Crippen LogP contribution in [0.5, 0.6) is 5.75 Å². The minimum atomic E-state index is -0.956. The molecule has 2 fully saturated rings. The molecule has 3 aliphatic heterocycles. The van der Waals surface area contributed by atoms with Crippen LogP contribution in [0.25, 0.3) is 44.2 Å². The zero-order valence-electron chi connectivity index (χ0n) is 38.1. The van der Waals surface area contributed by atoms with Crippen LogP contribution in [0.15, 0.2) is 79.0 Å². The molecule has 4 aromatic carbocycles. The van der Waals surface area contributed by atoms with Gasteiger partial charge in [0.15, 0.2) is 0 Å². The summed E-state index contributed by atoms with van der Waals surface area (Å²) in [5.41, 5.74) is 7.10. The van der Waals surface area contributed by atoms with Gasteiger partial charge in [0.1, 0.15) is 36.1 Å². The largest absolute Gasteiger partial charge is 0.488 e. The van der Waals surface area contributed by atoms with Crippen molar-refractivity contribution < 1.29 is 43.8 Å². The summed E-state index contributed by atoms with van der Waals surface area (Å²) in [5.74, 6) is 1.94. The second kappa shape index (κ2) is 18.5. The number of hydrogen-bond donors (Lipinski definition) is 4. The van der Waals surface area contributed by atoms with Crippen LogP contribution in [0.1, 0.15) is 86.6 Å². The molecular weight excluding hydrogens is 841 g/mol. The number of aromatic nitrogens is 4. The third kappa shape index (κ3) is 8.41. The minimum Gasteiger partial charge on any atom is -0.488 e. The van der Waals surface area contributed by atoms with E-state index >= 15 is 0 Å². The molecule has 66 heavy (non-hydrogen) atoms. The van der Waals surface area contributed by atoms with Crippen molar-refractivity contribution in [3.8, 4) is 28.1 Å². The zero-order valence-corrected chi connectivity index (χ0v) is 38.1. The molecule has 5 heterocycles. The number of benzene rings is 4. The number of rotatable bonds is 12. The number of carbonyl (C=O) groups excluding carboxylic acids is 4. The quantitative estimate of drug-likeness (QED) is 0.0921. The van der Waals surface area contributed by atoms with Crippen LogP contribution in [0.2, 0.25) is 0 Å². The molecule has 4 N–H and O–H groups in total. The number of methoxy groups -OCH3 is 3. The number of carbonyl (C=O) groups is 4. The molecular formula is C50H64N8O8. The van der Waals surface area contributed by atoms with Crippen molar-refractivity contribution in [1.82, 2.24) is 40.4 Å². The van der Waals surface area contributed by atoms with E-state index in [0.29, 0.717) is 56.4 Å². The van der Waals surface area contributed by atoms with E-state index in [9.17, 15) is 19.2 Å². The lowest BCUT2D eigenvalue weighted by Gasteiger charge is -2.30. The van der Waals surface area contributed by atoms with E-state index in [1.165, 1.54) is 14.2 Å². The normalized spacial score (nSPS) is 20.3. The standard InChI is InChI=1S/C50H56N8O8.4H2/c1-7-28(3)42(55-49(61)64-5)47(59)57-23-27(2)17-39(57)45-51-22-38(53-45)32-13-15-34-33(19-32)26-66-41-21-35-31(20-36(34)41)14-16-37-44(35)54-46(52-37)40-18-29(25-63-4)24-58(40)48(60)43(56-50(62)65-6)30-11-9-8-10-12-30;;;;/h8-16,19-22,27-29,39-40,42-43H,7,17-18,23-26H2,1-6H3,(H,51,53)(H,52,54)(H,55,61)(H,56,62);4*1H/t27?,28-,29-,39?,40-,42-,43?;;;;/m0..../s1. The Kier molecular flexibility index (Phi) is 12.4. The van der Waals surface area contributed by atoms with Crippen LogP contribution >= 0.6 is 0 Å². The number of amides is 4. The van der Waals surface area contributed by atoms with Gasteiger partial charge in [-0.1, -0.05) is 75.7 Å². The molecule has 16 nitrogen and oxygen atoms in total. The number of fused-ring (bicyclic) bond motifs is 6. The first-order chi connectivity index (χ1) is 32.0. The van der Waals surface area contributed by atoms with E-state index in [1.54, 1.807) is 12.0 Å². The third-order valence-corrected chi connectivity index (χ3v) is 13.5. The number of aromatic amines is 2. The maximum absolute atomic E-state index is 14.4. The van der Waals surface area contributed by atoms with Gasteiger partial charge < -0.3 is 49.3 Å². The van der Waals surface area contributed by atoms with Gasteiger partial charge in [0.25, 0.3) is 5.91 Å². The SMILES string of the molecule is CC[C@H](C)[C@H](NC(=O)OC)C(=O)N1CC(C)CC1c1ncc(-c2ccc3c(c2)COc2cc4c(ccc5[nH]c([C@@H]6C[C@H](COC)CN6C(=O)C(NC(=O)OC)c6ccccc6)nc54)cc2-3)[nH]1.[HH].[HH].[HH].[HH]. The lowest BCUT2D eigenvalue weighted by molar-refractivity contribution is -0.136. The van der Waals surface area contributed by atoms with E-state index in [2.05, 4.69) is 63.9 Å². The second-order valence-electron chi connectivity index (χ2n) is 17.9. The van der Waals surface area contributed by atoms with Crippen LogP contribution in [-0.4, -0.2) is 101 Å². The number of imidazole rings is 2. The van der Waals surface area contributed by atoms with E-state index in [4.69, 9.17) is 28.9 Å². The van der Waals surface area contributed by atoms with Crippen LogP contribution in [-0.2, 0) is 30.4 Å². The molecule has 4 amide bonds. The topological polar surface area (TPSA) is 193 Å². The summed E-state index contributed by atoms with van der Waals surface area (Å²) >= 11 is 0. The Labute approximate surface area is 388 Å². The molecule has 2 aromatic heterocycles. The molecule has 0 saturated carbocycles. The van der Waals surface area contributed by atoms with Gasteiger partial charge in [-0.15, -0.1) is 0 Å². The average molecular weight is 905 g/mol. The van der Waals surface area contributed by atoms with E-state index in [-0.39, 0.29) is 41.3 Å². The maximum Gasteiger partial charge on any atom is 0.407 e. The Bertz CT molecular complexity index is 2810. The number of nitrogens with one attached hydrogen (secondary N) is 4. The first-order valence-corrected chi connectivity index (χ1v) is 22.6. The minimum absolute atomic E-state index is 0. The first kappa shape index (κ1) is 44.3. The van der Waals surface area contributed by atoms with Gasteiger partial charge in [-0.25, -0.2) is 19.6 Å². The Balaban J connectivity index is 0.00000228. The Morgan fingerprint density at radius 1 is 0.864 bits per heavy atom. The summed E-state index contributed by atoms with van der Waals surface area (Å²) in [6, 6.07) is 21.4. The summed E-state index contributed by atoms with van der Waals surface area (Å²) in [6.45, 7) is 7.91. The van der Waals surface area contributed by atoms with E-state index in [1.807, 2.05) is 61.3 Å². The molecule has 16 heteroatoms.